The van der Waals surface area contributed by atoms with Crippen LogP contribution in [0.15, 0.2) is 6.07 Å². The van der Waals surface area contributed by atoms with Crippen LogP contribution in [0.4, 0.5) is 5.69 Å². The molecule has 0 aliphatic rings. The molecule has 1 aromatic rings. The Bertz CT molecular complexity index is 590. The van der Waals surface area contributed by atoms with Gasteiger partial charge in [-0.2, -0.15) is 0 Å². The maximum atomic E-state index is 12.0. The highest BCUT2D eigenvalue weighted by molar-refractivity contribution is 14.1. The highest BCUT2D eigenvalue weighted by Gasteiger charge is 2.22. The zero-order valence-corrected chi connectivity index (χ0v) is 19.6. The average molecular weight is 655 g/mol. The van der Waals surface area contributed by atoms with Crippen LogP contribution in [0, 0.1) is 16.6 Å². The van der Waals surface area contributed by atoms with Crippen molar-refractivity contribution in [1.29, 1.82) is 0 Å². The highest BCUT2D eigenvalue weighted by atomic mass is 127. The fourth-order valence-corrected chi connectivity index (χ4v) is 6.21. The quantitative estimate of drug-likeness (QED) is 0.375. The second-order valence-corrected chi connectivity index (χ2v) is 8.71. The van der Waals surface area contributed by atoms with E-state index in [1.54, 1.807) is 0 Å². The fraction of sp³-hybridized carbons (Fsp3) is 0.500. The van der Waals surface area contributed by atoms with Crippen molar-refractivity contribution in [2.45, 2.75) is 46.0 Å². The Kier molecular flexibility index (Phi) is 9.64. The molecule has 1 amide bonds. The van der Waals surface area contributed by atoms with E-state index >= 15 is 0 Å². The molecule has 0 saturated carbocycles. The van der Waals surface area contributed by atoms with Crippen molar-refractivity contribution in [1.82, 2.24) is 0 Å². The molecule has 0 saturated heterocycles. The van der Waals surface area contributed by atoms with Crippen molar-refractivity contribution in [2.24, 2.45) is 5.92 Å². The zero-order chi connectivity index (χ0) is 17.6. The topological polar surface area (TPSA) is 66.4 Å². The van der Waals surface area contributed by atoms with Crippen molar-refractivity contribution in [3.8, 4) is 0 Å². The lowest BCUT2D eigenvalue weighted by molar-refractivity contribution is -0.141. The zero-order valence-electron chi connectivity index (χ0n) is 13.1. The van der Waals surface area contributed by atoms with Crippen LogP contribution in [-0.2, 0) is 16.0 Å². The molecule has 0 heterocycles. The number of nitrogens with one attached hydrogen (secondary N) is 1. The molecule has 1 atom stereocenters. The largest absolute Gasteiger partial charge is 0.481 e. The SMILES string of the molecule is CCCCC(=O)Nc1c(I)cc(I)c(CC(CC)C(=O)O)c1I. The van der Waals surface area contributed by atoms with Gasteiger partial charge in [0, 0.05) is 17.1 Å². The molecular weight excluding hydrogens is 635 g/mol. The van der Waals surface area contributed by atoms with Gasteiger partial charge >= 0.3 is 5.97 Å². The Morgan fingerprint density at radius 1 is 1.22 bits per heavy atom. The van der Waals surface area contributed by atoms with E-state index in [4.69, 9.17) is 0 Å². The number of hydrogen-bond donors (Lipinski definition) is 2. The lowest BCUT2D eigenvalue weighted by Crippen LogP contribution is -2.19. The van der Waals surface area contributed by atoms with E-state index in [-0.39, 0.29) is 5.91 Å². The monoisotopic (exact) mass is 655 g/mol. The van der Waals surface area contributed by atoms with Crippen molar-refractivity contribution < 1.29 is 14.7 Å². The van der Waals surface area contributed by atoms with Crippen LogP contribution in [0.3, 0.4) is 0 Å². The second-order valence-electron chi connectivity index (χ2n) is 5.31. The van der Waals surface area contributed by atoms with Gasteiger partial charge in [0.25, 0.3) is 0 Å². The number of rotatable bonds is 8. The number of aliphatic carboxylic acids is 1. The van der Waals surface area contributed by atoms with E-state index in [9.17, 15) is 14.7 Å². The third-order valence-corrected chi connectivity index (χ3v) is 6.58. The molecule has 7 heteroatoms. The number of halogens is 3. The lowest BCUT2D eigenvalue weighted by atomic mass is 9.97. The molecule has 1 aromatic carbocycles. The Hall–Kier alpha value is 0.350. The Morgan fingerprint density at radius 2 is 1.87 bits per heavy atom. The maximum Gasteiger partial charge on any atom is 0.306 e. The van der Waals surface area contributed by atoms with E-state index in [0.29, 0.717) is 19.3 Å². The molecule has 0 fully saturated rings. The van der Waals surface area contributed by atoms with Gasteiger partial charge in [-0.1, -0.05) is 20.3 Å². The molecule has 0 aliphatic carbocycles. The van der Waals surface area contributed by atoms with Gasteiger partial charge in [-0.05, 0) is 98.7 Å². The number of amides is 1. The molecular formula is C16H20I3NO3. The summed E-state index contributed by atoms with van der Waals surface area (Å²) in [6, 6.07) is 2.00. The van der Waals surface area contributed by atoms with Crippen molar-refractivity contribution in [3.63, 3.8) is 0 Å². The van der Waals surface area contributed by atoms with E-state index in [2.05, 4.69) is 80.0 Å². The van der Waals surface area contributed by atoms with Crippen LogP contribution >= 0.6 is 67.8 Å². The summed E-state index contributed by atoms with van der Waals surface area (Å²) < 4.78 is 2.97. The average Bonchev–Trinajstić information content (AvgIpc) is 2.49. The van der Waals surface area contributed by atoms with Gasteiger partial charge in [0.05, 0.1) is 11.6 Å². The van der Waals surface area contributed by atoms with Gasteiger partial charge in [0.2, 0.25) is 5.91 Å². The molecule has 4 nitrogen and oxygen atoms in total. The minimum Gasteiger partial charge on any atom is -0.481 e. The molecule has 1 rings (SSSR count). The summed E-state index contributed by atoms with van der Waals surface area (Å²) in [5.74, 6) is -1.16. The van der Waals surface area contributed by atoms with E-state index in [0.717, 1.165) is 34.8 Å². The van der Waals surface area contributed by atoms with Crippen LogP contribution in [0.1, 0.15) is 45.1 Å². The normalized spacial score (nSPS) is 12.0. The molecule has 1 unspecified atom stereocenters. The summed E-state index contributed by atoms with van der Waals surface area (Å²) in [6.07, 6.45) is 3.43. The summed E-state index contributed by atoms with van der Waals surface area (Å²) in [4.78, 5) is 23.4. The van der Waals surface area contributed by atoms with Crippen LogP contribution in [0.25, 0.3) is 0 Å². The number of benzene rings is 1. The van der Waals surface area contributed by atoms with Crippen LogP contribution < -0.4 is 5.32 Å². The number of carboxylic acid groups (broad SMARTS) is 1. The first-order valence-corrected chi connectivity index (χ1v) is 10.7. The van der Waals surface area contributed by atoms with Gasteiger partial charge in [-0.15, -0.1) is 0 Å². The fourth-order valence-electron chi connectivity index (χ4n) is 2.12. The number of unbranched alkanes of at least 4 members (excludes halogenated alkanes) is 1. The number of carbonyl (C=O) groups excluding carboxylic acids is 1. The smallest absolute Gasteiger partial charge is 0.306 e. The van der Waals surface area contributed by atoms with E-state index < -0.39 is 11.9 Å². The second kappa shape index (κ2) is 10.4. The van der Waals surface area contributed by atoms with Crippen molar-refractivity contribution in [3.05, 3.63) is 22.3 Å². The first-order valence-electron chi connectivity index (χ1n) is 7.50. The maximum absolute atomic E-state index is 12.0. The summed E-state index contributed by atoms with van der Waals surface area (Å²) in [5.41, 5.74) is 1.81. The number of carbonyl (C=O) groups is 2. The van der Waals surface area contributed by atoms with Gasteiger partial charge in [0.15, 0.2) is 0 Å². The first kappa shape index (κ1) is 21.4. The van der Waals surface area contributed by atoms with Crippen molar-refractivity contribution in [2.75, 3.05) is 5.32 Å². The molecule has 0 bridgehead atoms. The third-order valence-electron chi connectivity index (χ3n) is 3.58. The molecule has 0 radical (unpaired) electrons. The molecule has 0 aromatic heterocycles. The minimum atomic E-state index is -0.772. The highest BCUT2D eigenvalue weighted by Crippen LogP contribution is 2.33. The lowest BCUT2D eigenvalue weighted by Gasteiger charge is -2.18. The molecule has 2 N–H and O–H groups in total. The Morgan fingerprint density at radius 3 is 2.39 bits per heavy atom. The predicted octanol–water partition coefficient (Wildman–Crippen LogP) is 5.28. The summed E-state index contributed by atoms with van der Waals surface area (Å²) in [5, 5.41) is 12.3. The van der Waals surface area contributed by atoms with Gasteiger partial charge in [-0.3, -0.25) is 9.59 Å². The summed E-state index contributed by atoms with van der Waals surface area (Å²) in [7, 11) is 0. The van der Waals surface area contributed by atoms with Crippen LogP contribution in [0.2, 0.25) is 0 Å². The van der Waals surface area contributed by atoms with E-state index in [1.807, 2.05) is 13.0 Å². The van der Waals surface area contributed by atoms with Gasteiger partial charge < -0.3 is 10.4 Å². The number of anilines is 1. The third kappa shape index (κ3) is 6.29. The first-order chi connectivity index (χ1) is 10.8. The standard InChI is InChI=1S/C16H20I3NO3/c1-3-5-6-13(21)20-15-12(18)8-11(17)10(14(15)19)7-9(4-2)16(22)23/h8-9H,3-7H2,1-2H3,(H,20,21)(H,22,23). The number of hydrogen-bond acceptors (Lipinski definition) is 2. The molecule has 128 valence electrons. The van der Waals surface area contributed by atoms with Gasteiger partial charge in [0.1, 0.15) is 0 Å². The number of carboxylic acids is 1. The van der Waals surface area contributed by atoms with E-state index in [1.165, 1.54) is 0 Å². The summed E-state index contributed by atoms with van der Waals surface area (Å²) in [6.45, 7) is 3.94. The molecule has 0 aliphatic heterocycles. The van der Waals surface area contributed by atoms with Gasteiger partial charge in [-0.25, -0.2) is 0 Å². The summed E-state index contributed by atoms with van der Waals surface area (Å²) >= 11 is 6.68. The predicted molar refractivity (Wildman–Crippen MR) is 118 cm³/mol. The van der Waals surface area contributed by atoms with Crippen LogP contribution in [-0.4, -0.2) is 17.0 Å². The Labute approximate surface area is 178 Å². The van der Waals surface area contributed by atoms with Crippen molar-refractivity contribution >= 4 is 85.3 Å². The molecule has 0 spiro atoms. The minimum absolute atomic E-state index is 0.0140. The molecule has 23 heavy (non-hydrogen) atoms. The van der Waals surface area contributed by atoms with Crippen LogP contribution in [0.5, 0.6) is 0 Å². The Balaban J connectivity index is 3.11.